The summed E-state index contributed by atoms with van der Waals surface area (Å²) in [4.78, 5) is 0. The molecule has 0 aliphatic carbocycles. The summed E-state index contributed by atoms with van der Waals surface area (Å²) in [5, 5.41) is 1.51. The summed E-state index contributed by atoms with van der Waals surface area (Å²) < 4.78 is 1.78. The van der Waals surface area contributed by atoms with Crippen LogP contribution in [0.2, 0.25) is 0 Å². The highest BCUT2D eigenvalue weighted by molar-refractivity contribution is 8.01. The molecule has 0 nitrogen and oxygen atoms in total. The number of rotatable bonds is 2. The Morgan fingerprint density at radius 1 is 1.25 bits per heavy atom. The second-order valence-corrected chi connectivity index (χ2v) is 7.88. The van der Waals surface area contributed by atoms with Crippen molar-refractivity contribution in [3.05, 3.63) is 30.3 Å². The van der Waals surface area contributed by atoms with E-state index in [9.17, 15) is 0 Å². The van der Waals surface area contributed by atoms with Crippen molar-refractivity contribution in [2.45, 2.75) is 0 Å². The van der Waals surface area contributed by atoms with Crippen LogP contribution in [0.15, 0.2) is 30.3 Å². The zero-order valence-electron chi connectivity index (χ0n) is 6.75. The highest BCUT2D eigenvalue weighted by Gasteiger charge is 2.04. The lowest BCUT2D eigenvalue weighted by Crippen LogP contribution is -1.92. The van der Waals surface area contributed by atoms with Gasteiger partial charge in [0, 0.05) is 0 Å². The molecule has 0 radical (unpaired) electrons. The Balaban J connectivity index is 2.04. The van der Waals surface area contributed by atoms with Crippen LogP contribution < -0.4 is 5.30 Å². The zero-order chi connectivity index (χ0) is 8.23. The van der Waals surface area contributed by atoms with Crippen LogP contribution in [0.5, 0.6) is 0 Å². The maximum absolute atomic E-state index is 2.24. The Morgan fingerprint density at radius 2 is 2.08 bits per heavy atom. The molecule has 0 spiro atoms. The zero-order valence-corrected chi connectivity index (χ0v) is 9.64. The van der Waals surface area contributed by atoms with Gasteiger partial charge in [0.2, 0.25) is 0 Å². The normalized spacial score (nSPS) is 20.5. The minimum Gasteiger partial charge on any atom is -0.0955 e. The van der Waals surface area contributed by atoms with Crippen molar-refractivity contribution in [3.8, 4) is 0 Å². The average molecular weight is 212 g/mol. The number of hydrogen-bond acceptors (Lipinski definition) is 0. The average Bonchev–Trinajstić information content (AvgIpc) is 2.59. The van der Waals surface area contributed by atoms with E-state index in [2.05, 4.69) is 30.3 Å². The van der Waals surface area contributed by atoms with Crippen molar-refractivity contribution in [3.63, 3.8) is 0 Å². The Kier molecular flexibility index (Phi) is 3.29. The van der Waals surface area contributed by atoms with Gasteiger partial charge in [0.05, 0.1) is 0 Å². The summed E-state index contributed by atoms with van der Waals surface area (Å²) in [5.41, 5.74) is 0. The summed E-state index contributed by atoms with van der Waals surface area (Å²) in [5.74, 6) is 0. The fourth-order valence-corrected chi connectivity index (χ4v) is 6.45. The third-order valence-corrected chi connectivity index (χ3v) is 7.25. The molecule has 0 fully saturated rings. The van der Waals surface area contributed by atoms with Crippen LogP contribution in [0, 0.1) is 0 Å². The van der Waals surface area contributed by atoms with E-state index in [0.29, 0.717) is 0 Å². The van der Waals surface area contributed by atoms with Gasteiger partial charge in [0.25, 0.3) is 0 Å². The molecule has 1 heterocycles. The van der Waals surface area contributed by atoms with Gasteiger partial charge in [-0.1, -0.05) is 55.7 Å². The molecule has 12 heavy (non-hydrogen) atoms. The van der Waals surface area contributed by atoms with E-state index < -0.39 is 0 Å². The molecule has 0 aromatic heterocycles. The molecule has 2 unspecified atom stereocenters. The van der Waals surface area contributed by atoms with Crippen LogP contribution in [-0.2, 0) is 0 Å². The quantitative estimate of drug-likeness (QED) is 0.661. The van der Waals surface area contributed by atoms with Crippen LogP contribution in [0.4, 0.5) is 0 Å². The molecule has 0 amide bonds. The number of hydrogen-bond donors (Lipinski definition) is 0. The van der Waals surface area contributed by atoms with Crippen LogP contribution in [0.1, 0.15) is 0 Å². The standard InChI is InChI=1S/C9H11P3/c1-2-4-8(5-3-1)12-9-10-6-7-11-9/h1-5,10,12H,6-7H2. The van der Waals surface area contributed by atoms with E-state index in [1.807, 2.05) is 0 Å². The first-order valence-corrected chi connectivity index (χ1v) is 7.34. The Hall–Kier alpha value is 0.250. The molecule has 0 bridgehead atoms. The number of benzene rings is 1. The maximum Gasteiger partial charge on any atom is -0.00153 e. The van der Waals surface area contributed by atoms with Crippen molar-refractivity contribution < 1.29 is 0 Å². The molecule has 1 aromatic carbocycles. The van der Waals surface area contributed by atoms with Crippen LogP contribution in [0.3, 0.4) is 0 Å². The predicted octanol–water partition coefficient (Wildman–Crippen LogP) is 2.72. The molecule has 1 aliphatic rings. The Bertz CT molecular complexity index is 279. The summed E-state index contributed by atoms with van der Waals surface area (Å²) in [6.45, 7) is 0. The second kappa shape index (κ2) is 4.48. The van der Waals surface area contributed by atoms with Crippen LogP contribution >= 0.6 is 25.4 Å². The van der Waals surface area contributed by atoms with Gasteiger partial charge in [-0.2, -0.15) is 0 Å². The van der Waals surface area contributed by atoms with Crippen molar-refractivity contribution in [1.29, 1.82) is 0 Å². The topological polar surface area (TPSA) is 0 Å². The van der Waals surface area contributed by atoms with Crippen LogP contribution in [-0.4, -0.2) is 17.1 Å². The van der Waals surface area contributed by atoms with Gasteiger partial charge < -0.3 is 0 Å². The van der Waals surface area contributed by atoms with Gasteiger partial charge >= 0.3 is 0 Å². The molecular formula is C9H11P3. The summed E-state index contributed by atoms with van der Waals surface area (Å²) >= 11 is 0. The molecule has 0 saturated heterocycles. The molecule has 2 rings (SSSR count). The lowest BCUT2D eigenvalue weighted by atomic mass is 10.4. The van der Waals surface area contributed by atoms with E-state index in [1.54, 1.807) is 13.0 Å². The lowest BCUT2D eigenvalue weighted by Gasteiger charge is -2.00. The SMILES string of the molecule is c1ccc(PC2=PCCP2)cc1. The summed E-state index contributed by atoms with van der Waals surface area (Å²) in [6, 6.07) is 10.8. The molecule has 1 aliphatic heterocycles. The van der Waals surface area contributed by atoms with Gasteiger partial charge in [-0.15, -0.1) is 0 Å². The van der Waals surface area contributed by atoms with Crippen LogP contribution in [0.25, 0.3) is 0 Å². The third-order valence-electron chi connectivity index (χ3n) is 1.71. The molecule has 62 valence electrons. The minimum absolute atomic E-state index is 0.975. The van der Waals surface area contributed by atoms with E-state index in [-0.39, 0.29) is 0 Å². The molecule has 1 aromatic rings. The van der Waals surface area contributed by atoms with Crippen molar-refractivity contribution in [2.75, 3.05) is 12.3 Å². The van der Waals surface area contributed by atoms with Gasteiger partial charge in [-0.25, -0.2) is 0 Å². The molecule has 2 atom stereocenters. The molecule has 0 N–H and O–H groups in total. The second-order valence-electron chi connectivity index (χ2n) is 2.65. The maximum atomic E-state index is 2.24. The lowest BCUT2D eigenvalue weighted by molar-refractivity contribution is 1.57. The van der Waals surface area contributed by atoms with Crippen molar-refractivity contribution in [2.24, 2.45) is 0 Å². The highest BCUT2D eigenvalue weighted by Crippen LogP contribution is 2.38. The third kappa shape index (κ3) is 2.37. The van der Waals surface area contributed by atoms with Gasteiger partial charge in [0.15, 0.2) is 0 Å². The molecule has 3 heteroatoms. The smallest absolute Gasteiger partial charge is 0.00153 e. The first-order chi connectivity index (χ1) is 5.95. The van der Waals surface area contributed by atoms with Gasteiger partial charge in [0.1, 0.15) is 0 Å². The highest BCUT2D eigenvalue weighted by atomic mass is 31.2. The Labute approximate surface area is 78.5 Å². The summed E-state index contributed by atoms with van der Waals surface area (Å²) in [6.07, 6.45) is 2.85. The minimum atomic E-state index is 0.975. The van der Waals surface area contributed by atoms with E-state index >= 15 is 0 Å². The van der Waals surface area contributed by atoms with E-state index in [1.165, 1.54) is 17.6 Å². The monoisotopic (exact) mass is 212 g/mol. The summed E-state index contributed by atoms with van der Waals surface area (Å²) in [7, 11) is 3.74. The van der Waals surface area contributed by atoms with E-state index in [0.717, 1.165) is 17.2 Å². The predicted molar refractivity (Wildman–Crippen MR) is 64.4 cm³/mol. The first kappa shape index (κ1) is 8.83. The fraction of sp³-hybridized carbons (Fsp3) is 0.222. The largest absolute Gasteiger partial charge is 0.0955 e. The fourth-order valence-electron chi connectivity index (χ4n) is 1.14. The van der Waals surface area contributed by atoms with E-state index in [4.69, 9.17) is 0 Å². The van der Waals surface area contributed by atoms with Gasteiger partial charge in [-0.3, -0.25) is 0 Å². The Morgan fingerprint density at radius 3 is 2.75 bits per heavy atom. The van der Waals surface area contributed by atoms with Crippen molar-refractivity contribution >= 4 is 35.4 Å². The van der Waals surface area contributed by atoms with Crippen molar-refractivity contribution in [1.82, 2.24) is 0 Å². The first-order valence-electron chi connectivity index (χ1n) is 4.05. The molecular weight excluding hydrogens is 201 g/mol. The molecule has 0 saturated carbocycles. The van der Waals surface area contributed by atoms with Gasteiger partial charge in [-0.05, 0) is 22.4 Å².